The highest BCUT2D eigenvalue weighted by Crippen LogP contribution is 2.29. The van der Waals surface area contributed by atoms with E-state index >= 15 is 0 Å². The van der Waals surface area contributed by atoms with E-state index in [4.69, 9.17) is 11.6 Å². The zero-order valence-electron chi connectivity index (χ0n) is 12.3. The topological polar surface area (TPSA) is 45.2 Å². The van der Waals surface area contributed by atoms with E-state index in [2.05, 4.69) is 10.3 Å². The van der Waals surface area contributed by atoms with Crippen LogP contribution in [0.25, 0.3) is 0 Å². The van der Waals surface area contributed by atoms with Gasteiger partial charge in [-0.2, -0.15) is 0 Å². The van der Waals surface area contributed by atoms with Crippen molar-refractivity contribution in [1.82, 2.24) is 15.2 Å². The first-order valence-corrected chi connectivity index (χ1v) is 7.32. The number of pyridine rings is 1. The second kappa shape index (κ2) is 9.08. The number of amides is 1. The molecule has 0 spiro atoms. The molecule has 1 aromatic heterocycles. The summed E-state index contributed by atoms with van der Waals surface area (Å²) in [6, 6.07) is 13.0. The standard InChI is InChI=1S/C16H16ClN3O.2ClH/c17-13-6-2-1-5-12(13)15-11-18-9-10-20(15)16(21)14-7-3-4-8-19-14;;/h1-8,15,18H,9-11H2;2*1H. The highest BCUT2D eigenvalue weighted by Gasteiger charge is 2.30. The Bertz CT molecular complexity index is 639. The van der Waals surface area contributed by atoms with Crippen LogP contribution in [0.15, 0.2) is 48.7 Å². The van der Waals surface area contributed by atoms with E-state index in [9.17, 15) is 4.79 Å². The van der Waals surface area contributed by atoms with Crippen LogP contribution in [0.5, 0.6) is 0 Å². The van der Waals surface area contributed by atoms with E-state index in [1.165, 1.54) is 0 Å². The van der Waals surface area contributed by atoms with Crippen LogP contribution in [-0.4, -0.2) is 35.4 Å². The van der Waals surface area contributed by atoms with E-state index in [1.807, 2.05) is 35.2 Å². The molecule has 7 heteroatoms. The molecule has 1 unspecified atom stereocenters. The molecule has 1 N–H and O–H groups in total. The van der Waals surface area contributed by atoms with Crippen molar-refractivity contribution >= 4 is 42.3 Å². The summed E-state index contributed by atoms with van der Waals surface area (Å²) in [5.74, 6) is -0.0537. The van der Waals surface area contributed by atoms with Crippen LogP contribution in [-0.2, 0) is 0 Å². The van der Waals surface area contributed by atoms with Crippen LogP contribution in [0.2, 0.25) is 5.02 Å². The van der Waals surface area contributed by atoms with Gasteiger partial charge >= 0.3 is 0 Å². The fourth-order valence-electron chi connectivity index (χ4n) is 2.61. The molecule has 1 aromatic carbocycles. The van der Waals surface area contributed by atoms with Crippen LogP contribution in [0.1, 0.15) is 22.1 Å². The predicted molar refractivity (Wildman–Crippen MR) is 96.8 cm³/mol. The molecule has 1 aliphatic rings. The van der Waals surface area contributed by atoms with Crippen LogP contribution >= 0.6 is 36.4 Å². The molecule has 3 rings (SSSR count). The van der Waals surface area contributed by atoms with E-state index in [-0.39, 0.29) is 36.8 Å². The van der Waals surface area contributed by atoms with Crippen LogP contribution in [0, 0.1) is 0 Å². The number of nitrogens with zero attached hydrogens (tertiary/aromatic N) is 2. The summed E-state index contributed by atoms with van der Waals surface area (Å²) in [5, 5.41) is 4.01. The minimum absolute atomic E-state index is 0. The van der Waals surface area contributed by atoms with Gasteiger partial charge in [0.05, 0.1) is 6.04 Å². The van der Waals surface area contributed by atoms with Crippen molar-refractivity contribution in [1.29, 1.82) is 0 Å². The number of benzene rings is 1. The Hall–Kier alpha value is -1.33. The van der Waals surface area contributed by atoms with Crippen LogP contribution in [0.4, 0.5) is 0 Å². The molecular weight excluding hydrogens is 357 g/mol. The summed E-state index contributed by atoms with van der Waals surface area (Å²) in [6.07, 6.45) is 1.64. The third kappa shape index (κ3) is 4.36. The summed E-state index contributed by atoms with van der Waals surface area (Å²) >= 11 is 6.29. The largest absolute Gasteiger partial charge is 0.328 e. The number of carbonyl (C=O) groups is 1. The lowest BCUT2D eigenvalue weighted by molar-refractivity contribution is 0.0628. The molecule has 0 saturated carbocycles. The Morgan fingerprint density at radius 2 is 1.91 bits per heavy atom. The normalized spacial score (nSPS) is 16.9. The van der Waals surface area contributed by atoms with E-state index in [1.54, 1.807) is 18.3 Å². The summed E-state index contributed by atoms with van der Waals surface area (Å²) in [7, 11) is 0. The quantitative estimate of drug-likeness (QED) is 0.876. The smallest absolute Gasteiger partial charge is 0.273 e. The maximum absolute atomic E-state index is 12.7. The lowest BCUT2D eigenvalue weighted by atomic mass is 10.0. The molecule has 1 atom stereocenters. The van der Waals surface area contributed by atoms with Crippen molar-refractivity contribution in [2.75, 3.05) is 19.6 Å². The highest BCUT2D eigenvalue weighted by atomic mass is 35.5. The first kappa shape index (κ1) is 19.7. The van der Waals surface area contributed by atoms with Crippen molar-refractivity contribution in [2.45, 2.75) is 6.04 Å². The lowest BCUT2D eigenvalue weighted by Crippen LogP contribution is -2.49. The van der Waals surface area contributed by atoms with Gasteiger partial charge in [0.2, 0.25) is 0 Å². The molecule has 1 saturated heterocycles. The molecule has 23 heavy (non-hydrogen) atoms. The number of nitrogens with one attached hydrogen (secondary N) is 1. The minimum atomic E-state index is -0.0676. The summed E-state index contributed by atoms with van der Waals surface area (Å²) in [5.41, 5.74) is 1.44. The number of aromatic nitrogens is 1. The molecule has 1 amide bonds. The molecule has 4 nitrogen and oxygen atoms in total. The van der Waals surface area contributed by atoms with Gasteiger partial charge < -0.3 is 10.2 Å². The van der Waals surface area contributed by atoms with Crippen LogP contribution < -0.4 is 5.32 Å². The number of carbonyl (C=O) groups excluding carboxylic acids is 1. The van der Waals surface area contributed by atoms with Gasteiger partial charge in [0.25, 0.3) is 5.91 Å². The summed E-state index contributed by atoms with van der Waals surface area (Å²) < 4.78 is 0. The number of piperazine rings is 1. The molecular formula is C16H18Cl3N3O. The Morgan fingerprint density at radius 3 is 2.61 bits per heavy atom. The van der Waals surface area contributed by atoms with Gasteiger partial charge in [-0.25, -0.2) is 0 Å². The third-order valence-electron chi connectivity index (χ3n) is 3.65. The number of hydrogen-bond acceptors (Lipinski definition) is 3. The molecule has 0 radical (unpaired) electrons. The van der Waals surface area contributed by atoms with Gasteiger partial charge in [-0.1, -0.05) is 35.9 Å². The monoisotopic (exact) mass is 373 g/mol. The molecule has 2 aromatic rings. The van der Waals surface area contributed by atoms with E-state index in [0.717, 1.165) is 12.1 Å². The van der Waals surface area contributed by atoms with Crippen molar-refractivity contribution in [3.8, 4) is 0 Å². The lowest BCUT2D eigenvalue weighted by Gasteiger charge is -2.36. The fourth-order valence-corrected chi connectivity index (χ4v) is 2.87. The average molecular weight is 375 g/mol. The van der Waals surface area contributed by atoms with Gasteiger partial charge in [0.1, 0.15) is 5.69 Å². The Kier molecular flexibility index (Phi) is 7.79. The molecule has 1 fully saturated rings. The average Bonchev–Trinajstić information content (AvgIpc) is 2.55. The summed E-state index contributed by atoms with van der Waals surface area (Å²) in [4.78, 5) is 18.7. The van der Waals surface area contributed by atoms with Crippen molar-refractivity contribution in [3.63, 3.8) is 0 Å². The van der Waals surface area contributed by atoms with Gasteiger partial charge in [0, 0.05) is 30.9 Å². The van der Waals surface area contributed by atoms with Crippen LogP contribution in [0.3, 0.4) is 0 Å². The minimum Gasteiger partial charge on any atom is -0.328 e. The molecule has 2 heterocycles. The molecule has 1 aliphatic heterocycles. The first-order chi connectivity index (χ1) is 10.3. The zero-order chi connectivity index (χ0) is 14.7. The van der Waals surface area contributed by atoms with E-state index in [0.29, 0.717) is 23.8 Å². The molecule has 124 valence electrons. The first-order valence-electron chi connectivity index (χ1n) is 6.94. The van der Waals surface area contributed by atoms with Gasteiger partial charge in [0.15, 0.2) is 0 Å². The number of halogens is 3. The van der Waals surface area contributed by atoms with Gasteiger partial charge in [-0.3, -0.25) is 9.78 Å². The van der Waals surface area contributed by atoms with Gasteiger partial charge in [-0.15, -0.1) is 24.8 Å². The Balaban J connectivity index is 0.00000132. The van der Waals surface area contributed by atoms with Gasteiger partial charge in [-0.05, 0) is 23.8 Å². The van der Waals surface area contributed by atoms with Crippen molar-refractivity contribution in [2.24, 2.45) is 0 Å². The predicted octanol–water partition coefficient (Wildman–Crippen LogP) is 3.37. The van der Waals surface area contributed by atoms with Crippen molar-refractivity contribution < 1.29 is 4.79 Å². The maximum Gasteiger partial charge on any atom is 0.273 e. The Labute approximate surface area is 153 Å². The number of hydrogen-bond donors (Lipinski definition) is 1. The maximum atomic E-state index is 12.7. The second-order valence-corrected chi connectivity index (χ2v) is 5.36. The Morgan fingerprint density at radius 1 is 1.17 bits per heavy atom. The highest BCUT2D eigenvalue weighted by molar-refractivity contribution is 6.31. The number of rotatable bonds is 2. The molecule has 0 aliphatic carbocycles. The zero-order valence-corrected chi connectivity index (χ0v) is 14.7. The summed E-state index contributed by atoms with van der Waals surface area (Å²) in [6.45, 7) is 2.12. The SMILES string of the molecule is Cl.Cl.O=C(c1ccccn1)N1CCNCC1c1ccccc1Cl. The third-order valence-corrected chi connectivity index (χ3v) is 4.00. The fraction of sp³-hybridized carbons (Fsp3) is 0.250. The second-order valence-electron chi connectivity index (χ2n) is 4.95. The van der Waals surface area contributed by atoms with Crippen molar-refractivity contribution in [3.05, 3.63) is 64.9 Å². The van der Waals surface area contributed by atoms with E-state index < -0.39 is 0 Å². The molecule has 0 bridgehead atoms.